The van der Waals surface area contributed by atoms with E-state index in [2.05, 4.69) is 10.6 Å². The van der Waals surface area contributed by atoms with Crippen LogP contribution in [0.4, 0.5) is 0 Å². The second kappa shape index (κ2) is 7.81. The molecule has 1 aliphatic rings. The molecule has 2 rings (SSSR count). The summed E-state index contributed by atoms with van der Waals surface area (Å²) in [5.41, 5.74) is 1.57. The molecule has 0 bridgehead atoms. The van der Waals surface area contributed by atoms with Crippen LogP contribution in [-0.4, -0.2) is 18.9 Å². The molecule has 21 heavy (non-hydrogen) atoms. The van der Waals surface area contributed by atoms with Crippen molar-refractivity contribution in [3.63, 3.8) is 0 Å². The average molecular weight is 288 g/mol. The first-order valence-electron chi connectivity index (χ1n) is 7.77. The van der Waals surface area contributed by atoms with E-state index in [4.69, 9.17) is 0 Å². The van der Waals surface area contributed by atoms with Gasteiger partial charge in [0.1, 0.15) is 0 Å². The van der Waals surface area contributed by atoms with Gasteiger partial charge in [-0.05, 0) is 36.5 Å². The molecule has 0 unspecified atom stereocenters. The number of nitrogens with one attached hydrogen (secondary N) is 2. The van der Waals surface area contributed by atoms with Crippen LogP contribution in [0.2, 0.25) is 0 Å². The SMILES string of the molecule is CNC(=O)c1cccc(CNC(=O)CC2CCCCC2)c1. The molecule has 1 aliphatic carbocycles. The van der Waals surface area contributed by atoms with Gasteiger partial charge in [0.05, 0.1) is 0 Å². The Hall–Kier alpha value is -1.84. The van der Waals surface area contributed by atoms with E-state index in [0.717, 1.165) is 5.56 Å². The first-order chi connectivity index (χ1) is 10.2. The summed E-state index contributed by atoms with van der Waals surface area (Å²) in [5.74, 6) is 0.564. The summed E-state index contributed by atoms with van der Waals surface area (Å²) < 4.78 is 0. The van der Waals surface area contributed by atoms with E-state index in [0.29, 0.717) is 24.4 Å². The van der Waals surface area contributed by atoms with Crippen molar-refractivity contribution >= 4 is 11.8 Å². The quantitative estimate of drug-likeness (QED) is 0.875. The highest BCUT2D eigenvalue weighted by molar-refractivity contribution is 5.94. The van der Waals surface area contributed by atoms with Crippen LogP contribution in [0.15, 0.2) is 24.3 Å². The molecule has 0 radical (unpaired) electrons. The van der Waals surface area contributed by atoms with Crippen molar-refractivity contribution in [2.24, 2.45) is 5.92 Å². The van der Waals surface area contributed by atoms with E-state index < -0.39 is 0 Å². The highest BCUT2D eigenvalue weighted by Crippen LogP contribution is 2.26. The fourth-order valence-electron chi connectivity index (χ4n) is 2.89. The van der Waals surface area contributed by atoms with Crippen molar-refractivity contribution in [3.8, 4) is 0 Å². The summed E-state index contributed by atoms with van der Waals surface area (Å²) in [4.78, 5) is 23.5. The Morgan fingerprint density at radius 3 is 2.67 bits per heavy atom. The van der Waals surface area contributed by atoms with Gasteiger partial charge in [0.2, 0.25) is 5.91 Å². The number of hydrogen-bond acceptors (Lipinski definition) is 2. The maximum Gasteiger partial charge on any atom is 0.251 e. The Balaban J connectivity index is 1.81. The number of hydrogen-bond donors (Lipinski definition) is 2. The summed E-state index contributed by atoms with van der Waals surface area (Å²) in [5, 5.41) is 5.56. The molecule has 4 nitrogen and oxygen atoms in total. The molecule has 2 amide bonds. The minimum Gasteiger partial charge on any atom is -0.355 e. The Morgan fingerprint density at radius 1 is 1.19 bits per heavy atom. The Morgan fingerprint density at radius 2 is 1.95 bits per heavy atom. The van der Waals surface area contributed by atoms with E-state index >= 15 is 0 Å². The minimum absolute atomic E-state index is 0.106. The van der Waals surface area contributed by atoms with Crippen LogP contribution in [0.25, 0.3) is 0 Å². The second-order valence-electron chi connectivity index (χ2n) is 5.76. The van der Waals surface area contributed by atoms with Gasteiger partial charge in [-0.2, -0.15) is 0 Å². The molecule has 1 fully saturated rings. The summed E-state index contributed by atoms with van der Waals surface area (Å²) in [6, 6.07) is 7.35. The zero-order valence-electron chi connectivity index (χ0n) is 12.7. The zero-order chi connectivity index (χ0) is 15.1. The zero-order valence-corrected chi connectivity index (χ0v) is 12.7. The molecule has 1 aromatic carbocycles. The molecule has 1 saturated carbocycles. The lowest BCUT2D eigenvalue weighted by molar-refractivity contribution is -0.122. The fourth-order valence-corrected chi connectivity index (χ4v) is 2.89. The predicted octanol–water partition coefficient (Wildman–Crippen LogP) is 2.63. The third kappa shape index (κ3) is 4.88. The number of carbonyl (C=O) groups excluding carboxylic acids is 2. The van der Waals surface area contributed by atoms with Crippen LogP contribution in [-0.2, 0) is 11.3 Å². The van der Waals surface area contributed by atoms with Gasteiger partial charge in [-0.3, -0.25) is 9.59 Å². The van der Waals surface area contributed by atoms with Gasteiger partial charge in [-0.1, -0.05) is 31.4 Å². The predicted molar refractivity (Wildman–Crippen MR) is 82.9 cm³/mol. The maximum absolute atomic E-state index is 12.0. The fraction of sp³-hybridized carbons (Fsp3) is 0.529. The molecule has 0 aliphatic heterocycles. The summed E-state index contributed by atoms with van der Waals surface area (Å²) in [7, 11) is 1.61. The van der Waals surface area contributed by atoms with Gasteiger partial charge in [-0.15, -0.1) is 0 Å². The normalized spacial score (nSPS) is 15.5. The molecule has 0 atom stereocenters. The monoisotopic (exact) mass is 288 g/mol. The van der Waals surface area contributed by atoms with Crippen molar-refractivity contribution in [3.05, 3.63) is 35.4 Å². The maximum atomic E-state index is 12.0. The third-order valence-electron chi connectivity index (χ3n) is 4.10. The molecular weight excluding hydrogens is 264 g/mol. The Labute approximate surface area is 126 Å². The molecule has 114 valence electrons. The third-order valence-corrected chi connectivity index (χ3v) is 4.10. The highest BCUT2D eigenvalue weighted by Gasteiger charge is 2.16. The molecular formula is C17H24N2O2. The van der Waals surface area contributed by atoms with Crippen molar-refractivity contribution < 1.29 is 9.59 Å². The molecule has 0 spiro atoms. The smallest absolute Gasteiger partial charge is 0.251 e. The van der Waals surface area contributed by atoms with Gasteiger partial charge in [0.25, 0.3) is 5.91 Å². The van der Waals surface area contributed by atoms with Crippen molar-refractivity contribution in [2.45, 2.75) is 45.1 Å². The molecule has 2 N–H and O–H groups in total. The lowest BCUT2D eigenvalue weighted by atomic mass is 9.87. The van der Waals surface area contributed by atoms with Crippen LogP contribution < -0.4 is 10.6 Å². The first kappa shape index (κ1) is 15.5. The number of amides is 2. The molecule has 0 saturated heterocycles. The van der Waals surface area contributed by atoms with Crippen LogP contribution in [0.5, 0.6) is 0 Å². The molecule has 0 heterocycles. The number of benzene rings is 1. The lowest BCUT2D eigenvalue weighted by Gasteiger charge is -2.20. The second-order valence-corrected chi connectivity index (χ2v) is 5.76. The number of rotatable bonds is 5. The summed E-state index contributed by atoms with van der Waals surface area (Å²) in [6.45, 7) is 0.483. The summed E-state index contributed by atoms with van der Waals surface area (Å²) in [6.07, 6.45) is 6.82. The van der Waals surface area contributed by atoms with Gasteiger partial charge in [0.15, 0.2) is 0 Å². The van der Waals surface area contributed by atoms with E-state index in [-0.39, 0.29) is 11.8 Å². The van der Waals surface area contributed by atoms with E-state index in [9.17, 15) is 9.59 Å². The minimum atomic E-state index is -0.106. The Bertz CT molecular complexity index is 493. The van der Waals surface area contributed by atoms with E-state index in [1.807, 2.05) is 18.2 Å². The van der Waals surface area contributed by atoms with E-state index in [1.54, 1.807) is 13.1 Å². The van der Waals surface area contributed by atoms with Crippen LogP contribution in [0.3, 0.4) is 0 Å². The molecule has 4 heteroatoms. The Kier molecular flexibility index (Phi) is 5.78. The summed E-state index contributed by atoms with van der Waals surface area (Å²) >= 11 is 0. The van der Waals surface area contributed by atoms with Gasteiger partial charge >= 0.3 is 0 Å². The van der Waals surface area contributed by atoms with Crippen LogP contribution >= 0.6 is 0 Å². The lowest BCUT2D eigenvalue weighted by Crippen LogP contribution is -2.26. The standard InChI is InChI=1S/C17H24N2O2/c1-18-17(21)15-9-5-8-14(10-15)12-19-16(20)11-13-6-3-2-4-7-13/h5,8-10,13H,2-4,6-7,11-12H2,1H3,(H,18,21)(H,19,20). The topological polar surface area (TPSA) is 58.2 Å². The van der Waals surface area contributed by atoms with Crippen LogP contribution in [0.1, 0.15) is 54.4 Å². The van der Waals surface area contributed by atoms with Crippen molar-refractivity contribution in [1.82, 2.24) is 10.6 Å². The van der Waals surface area contributed by atoms with Crippen molar-refractivity contribution in [2.75, 3.05) is 7.05 Å². The van der Waals surface area contributed by atoms with Crippen molar-refractivity contribution in [1.29, 1.82) is 0 Å². The highest BCUT2D eigenvalue weighted by atomic mass is 16.2. The molecule has 1 aromatic rings. The van der Waals surface area contributed by atoms with Gasteiger partial charge in [-0.25, -0.2) is 0 Å². The largest absolute Gasteiger partial charge is 0.355 e. The average Bonchev–Trinajstić information content (AvgIpc) is 2.53. The van der Waals surface area contributed by atoms with E-state index in [1.165, 1.54) is 32.1 Å². The van der Waals surface area contributed by atoms with Crippen LogP contribution in [0, 0.1) is 5.92 Å². The number of carbonyl (C=O) groups is 2. The first-order valence-corrected chi connectivity index (χ1v) is 7.77. The van der Waals surface area contributed by atoms with Gasteiger partial charge in [0, 0.05) is 25.6 Å². The molecule has 0 aromatic heterocycles. The van der Waals surface area contributed by atoms with Gasteiger partial charge < -0.3 is 10.6 Å².